The fraction of sp³-hybridized carbons (Fsp3) is 0.182. The van der Waals surface area contributed by atoms with Crippen LogP contribution in [0, 0.1) is 0 Å². The molecule has 6 heteroatoms. The van der Waals surface area contributed by atoms with Crippen LogP contribution >= 0.6 is 0 Å². The lowest BCUT2D eigenvalue weighted by atomic mass is 10.1. The molecule has 0 unspecified atom stereocenters. The molecular formula is C11H8NO5-. The summed E-state index contributed by atoms with van der Waals surface area (Å²) < 4.78 is 0. The molecule has 1 N–H and O–H groups in total. The molecule has 0 aliphatic carbocycles. The van der Waals surface area contributed by atoms with E-state index in [4.69, 9.17) is 5.11 Å². The molecule has 0 aromatic heterocycles. The summed E-state index contributed by atoms with van der Waals surface area (Å²) in [6.45, 7) is 0. The fourth-order valence-corrected chi connectivity index (χ4v) is 1.69. The van der Waals surface area contributed by atoms with Gasteiger partial charge in [0.05, 0.1) is 11.3 Å². The summed E-state index contributed by atoms with van der Waals surface area (Å²) in [6, 6.07) is 3.36. The van der Waals surface area contributed by atoms with Gasteiger partial charge in [0.15, 0.2) is 0 Å². The molecule has 17 heavy (non-hydrogen) atoms. The van der Waals surface area contributed by atoms with Crippen molar-refractivity contribution in [2.75, 3.05) is 4.90 Å². The molecule has 2 amide bonds. The number of carbonyl (C=O) groups is 3. The molecule has 2 rings (SSSR count). The highest BCUT2D eigenvalue weighted by molar-refractivity contribution is 6.20. The van der Waals surface area contributed by atoms with E-state index in [0.717, 1.165) is 17.0 Å². The number of amides is 2. The quantitative estimate of drug-likeness (QED) is 0.732. The minimum atomic E-state index is -1.38. The van der Waals surface area contributed by atoms with Gasteiger partial charge in [-0.2, -0.15) is 0 Å². The second-order valence-corrected chi connectivity index (χ2v) is 3.61. The highest BCUT2D eigenvalue weighted by atomic mass is 16.4. The van der Waals surface area contributed by atoms with Crippen molar-refractivity contribution in [2.24, 2.45) is 0 Å². The molecule has 1 aromatic rings. The number of nitrogens with zero attached hydrogens (tertiary/aromatic N) is 1. The van der Waals surface area contributed by atoms with Gasteiger partial charge in [0, 0.05) is 12.8 Å². The summed E-state index contributed by atoms with van der Waals surface area (Å²) in [5, 5.41) is 20.0. The third kappa shape index (κ3) is 1.84. The standard InChI is InChI=1S/C11H9NO5/c13-8-2-1-6(5-7(8)11(16)17)12-9(14)3-4-10(12)15/h1-2,5,13H,3-4H2,(H,16,17)/p-1. The number of aromatic carboxylic acids is 1. The molecule has 1 heterocycles. The van der Waals surface area contributed by atoms with Crippen molar-refractivity contribution >= 4 is 23.5 Å². The van der Waals surface area contributed by atoms with Gasteiger partial charge in [-0.25, -0.2) is 4.79 Å². The molecule has 0 atom stereocenters. The molecule has 1 aliphatic heterocycles. The summed E-state index contributed by atoms with van der Waals surface area (Å²) in [7, 11) is 0. The zero-order valence-electron chi connectivity index (χ0n) is 8.67. The summed E-state index contributed by atoms with van der Waals surface area (Å²) in [5.74, 6) is -2.80. The lowest BCUT2D eigenvalue weighted by Gasteiger charge is -2.17. The number of rotatable bonds is 2. The van der Waals surface area contributed by atoms with Gasteiger partial charge in [-0.15, -0.1) is 0 Å². The van der Waals surface area contributed by atoms with Crippen LogP contribution in [-0.2, 0) is 9.59 Å². The van der Waals surface area contributed by atoms with Crippen molar-refractivity contribution < 1.29 is 24.6 Å². The minimum Gasteiger partial charge on any atom is -0.872 e. The van der Waals surface area contributed by atoms with E-state index in [1.54, 1.807) is 0 Å². The lowest BCUT2D eigenvalue weighted by Crippen LogP contribution is -2.28. The number of benzene rings is 1. The Morgan fingerprint density at radius 2 is 1.82 bits per heavy atom. The first-order valence-electron chi connectivity index (χ1n) is 4.91. The zero-order valence-corrected chi connectivity index (χ0v) is 8.67. The molecular weight excluding hydrogens is 226 g/mol. The molecule has 1 fully saturated rings. The predicted molar refractivity (Wildman–Crippen MR) is 54.6 cm³/mol. The van der Waals surface area contributed by atoms with Gasteiger partial charge in [-0.1, -0.05) is 11.8 Å². The third-order valence-corrected chi connectivity index (χ3v) is 2.50. The minimum absolute atomic E-state index is 0.111. The Labute approximate surface area is 96.1 Å². The molecule has 88 valence electrons. The Kier molecular flexibility index (Phi) is 2.55. The number of anilines is 1. The van der Waals surface area contributed by atoms with E-state index in [-0.39, 0.29) is 30.3 Å². The van der Waals surface area contributed by atoms with Gasteiger partial charge in [0.1, 0.15) is 0 Å². The predicted octanol–water partition coefficient (Wildman–Crippen LogP) is 0.112. The highest BCUT2D eigenvalue weighted by Crippen LogP contribution is 2.26. The highest BCUT2D eigenvalue weighted by Gasteiger charge is 2.30. The maximum Gasteiger partial charge on any atom is 0.335 e. The number of hydrogen-bond acceptors (Lipinski definition) is 4. The average Bonchev–Trinajstić information content (AvgIpc) is 2.59. The van der Waals surface area contributed by atoms with E-state index in [0.29, 0.717) is 0 Å². The van der Waals surface area contributed by atoms with Crippen molar-refractivity contribution in [3.05, 3.63) is 23.8 Å². The van der Waals surface area contributed by atoms with Crippen LogP contribution in [0.2, 0.25) is 0 Å². The fourth-order valence-electron chi connectivity index (χ4n) is 1.69. The molecule has 1 saturated heterocycles. The van der Waals surface area contributed by atoms with Crippen LogP contribution in [0.4, 0.5) is 5.69 Å². The van der Waals surface area contributed by atoms with Crippen molar-refractivity contribution in [1.82, 2.24) is 0 Å². The molecule has 1 aromatic carbocycles. The molecule has 0 saturated carbocycles. The molecule has 0 bridgehead atoms. The van der Waals surface area contributed by atoms with Gasteiger partial charge in [0.2, 0.25) is 11.8 Å². The topological polar surface area (TPSA) is 97.7 Å². The van der Waals surface area contributed by atoms with E-state index in [1.807, 2.05) is 0 Å². The number of imide groups is 1. The maximum absolute atomic E-state index is 11.4. The van der Waals surface area contributed by atoms with E-state index < -0.39 is 17.3 Å². The smallest absolute Gasteiger partial charge is 0.335 e. The van der Waals surface area contributed by atoms with Gasteiger partial charge in [-0.3, -0.25) is 14.5 Å². The Hall–Kier alpha value is -2.37. The van der Waals surface area contributed by atoms with Crippen LogP contribution in [0.3, 0.4) is 0 Å². The van der Waals surface area contributed by atoms with Gasteiger partial charge >= 0.3 is 5.97 Å². The Morgan fingerprint density at radius 3 is 2.35 bits per heavy atom. The van der Waals surface area contributed by atoms with Crippen molar-refractivity contribution in [3.8, 4) is 5.75 Å². The van der Waals surface area contributed by atoms with Gasteiger partial charge in [-0.05, 0) is 12.1 Å². The number of hydrogen-bond donors (Lipinski definition) is 1. The second kappa shape index (κ2) is 3.89. The van der Waals surface area contributed by atoms with Crippen LogP contribution in [-0.4, -0.2) is 22.9 Å². The first-order chi connectivity index (χ1) is 8.00. The van der Waals surface area contributed by atoms with Crippen LogP contribution in [0.5, 0.6) is 5.75 Å². The molecule has 0 spiro atoms. The largest absolute Gasteiger partial charge is 0.872 e. The van der Waals surface area contributed by atoms with E-state index in [1.165, 1.54) is 6.07 Å². The SMILES string of the molecule is O=C(O)c1cc(N2C(=O)CCC2=O)ccc1[O-]. The molecule has 1 aliphatic rings. The van der Waals surface area contributed by atoms with Crippen molar-refractivity contribution in [3.63, 3.8) is 0 Å². The first kappa shape index (κ1) is 11.1. The van der Waals surface area contributed by atoms with Crippen molar-refractivity contribution in [2.45, 2.75) is 12.8 Å². The van der Waals surface area contributed by atoms with Gasteiger partial charge in [0.25, 0.3) is 0 Å². The maximum atomic E-state index is 11.4. The van der Waals surface area contributed by atoms with Gasteiger partial charge < -0.3 is 10.2 Å². The van der Waals surface area contributed by atoms with E-state index in [2.05, 4.69) is 0 Å². The van der Waals surface area contributed by atoms with E-state index >= 15 is 0 Å². The van der Waals surface area contributed by atoms with E-state index in [9.17, 15) is 19.5 Å². The Balaban J connectivity index is 2.46. The van der Waals surface area contributed by atoms with Crippen LogP contribution in [0.1, 0.15) is 23.2 Å². The number of carbonyl (C=O) groups excluding carboxylic acids is 2. The number of carboxylic acid groups (broad SMARTS) is 1. The van der Waals surface area contributed by atoms with Crippen LogP contribution in [0.25, 0.3) is 0 Å². The van der Waals surface area contributed by atoms with Crippen LogP contribution in [0.15, 0.2) is 18.2 Å². The summed E-state index contributed by atoms with van der Waals surface area (Å²) in [6.07, 6.45) is 0.223. The summed E-state index contributed by atoms with van der Waals surface area (Å²) in [5.41, 5.74) is -0.315. The Morgan fingerprint density at radius 1 is 1.24 bits per heavy atom. The molecule has 0 radical (unpaired) electrons. The average molecular weight is 234 g/mol. The summed E-state index contributed by atoms with van der Waals surface area (Å²) >= 11 is 0. The Bertz CT molecular complexity index is 507. The number of carboxylic acids is 1. The van der Waals surface area contributed by atoms with Crippen LogP contribution < -0.4 is 10.0 Å². The monoisotopic (exact) mass is 234 g/mol. The second-order valence-electron chi connectivity index (χ2n) is 3.61. The summed E-state index contributed by atoms with van der Waals surface area (Å²) in [4.78, 5) is 34.5. The van der Waals surface area contributed by atoms with Crippen molar-refractivity contribution in [1.29, 1.82) is 0 Å². The molecule has 6 nitrogen and oxygen atoms in total. The first-order valence-corrected chi connectivity index (χ1v) is 4.91. The zero-order chi connectivity index (χ0) is 12.6. The third-order valence-electron chi connectivity index (χ3n) is 2.50. The normalized spacial score (nSPS) is 15.4. The lowest BCUT2D eigenvalue weighted by molar-refractivity contribution is -0.268.